The largest absolute Gasteiger partial charge is 0.494 e. The van der Waals surface area contributed by atoms with Crippen LogP contribution in [0.4, 0.5) is 14.5 Å². The van der Waals surface area contributed by atoms with Crippen LogP contribution in [0.25, 0.3) is 0 Å². The number of benzene rings is 2. The fourth-order valence-corrected chi connectivity index (χ4v) is 1.80. The number of hydrogen-bond acceptors (Lipinski definition) is 3. The molecular weight excluding hydrogens is 286 g/mol. The van der Waals surface area contributed by atoms with Gasteiger partial charge in [0.15, 0.2) is 5.82 Å². The molecule has 2 rings (SSSR count). The molecule has 0 fully saturated rings. The van der Waals surface area contributed by atoms with Crippen molar-refractivity contribution in [3.8, 4) is 5.75 Å². The summed E-state index contributed by atoms with van der Waals surface area (Å²) in [6.45, 7) is 4.53. The zero-order valence-electron chi connectivity index (χ0n) is 12.6. The van der Waals surface area contributed by atoms with Crippen molar-refractivity contribution >= 4 is 11.4 Å². The van der Waals surface area contributed by atoms with Gasteiger partial charge in [0.2, 0.25) is 0 Å². The average Bonchev–Trinajstić information content (AvgIpc) is 2.52. The number of hydrogen-bond donors (Lipinski definition) is 1. The summed E-state index contributed by atoms with van der Waals surface area (Å²) in [6.07, 6.45) is 0.954. The van der Waals surface area contributed by atoms with Gasteiger partial charge in [-0.25, -0.2) is 8.78 Å². The number of ether oxygens (including phenoxy) is 1. The Labute approximate surface area is 128 Å². The second kappa shape index (κ2) is 7.54. The van der Waals surface area contributed by atoms with Gasteiger partial charge in [-0.15, -0.1) is 0 Å². The lowest BCUT2D eigenvalue weighted by Gasteiger charge is -2.07. The van der Waals surface area contributed by atoms with Crippen LogP contribution < -0.4 is 10.2 Å². The summed E-state index contributed by atoms with van der Waals surface area (Å²) in [5, 5.41) is 4.11. The molecule has 0 saturated heterocycles. The van der Waals surface area contributed by atoms with Gasteiger partial charge in [0.25, 0.3) is 0 Å². The van der Waals surface area contributed by atoms with Crippen LogP contribution >= 0.6 is 0 Å². The third-order valence-corrected chi connectivity index (χ3v) is 3.02. The molecule has 0 aromatic heterocycles. The van der Waals surface area contributed by atoms with E-state index in [1.54, 1.807) is 6.92 Å². The third kappa shape index (κ3) is 4.28. The van der Waals surface area contributed by atoms with Gasteiger partial charge in [0.1, 0.15) is 11.6 Å². The molecule has 0 aliphatic rings. The standard InChI is InChI=1S/C17H18F2N2O/c1-3-10-22-15-7-4-13(5-8-15)12(2)20-21-17-9-6-14(18)11-16(17)19/h4-9,11,21H,3,10H2,1-2H3/b20-12-. The molecule has 0 spiro atoms. The summed E-state index contributed by atoms with van der Waals surface area (Å²) >= 11 is 0. The summed E-state index contributed by atoms with van der Waals surface area (Å²) in [5.74, 6) is -0.498. The molecule has 0 atom stereocenters. The predicted molar refractivity (Wildman–Crippen MR) is 84.4 cm³/mol. The smallest absolute Gasteiger partial charge is 0.151 e. The van der Waals surface area contributed by atoms with Crippen molar-refractivity contribution < 1.29 is 13.5 Å². The number of hydrazone groups is 1. The van der Waals surface area contributed by atoms with Crippen molar-refractivity contribution in [1.29, 1.82) is 0 Å². The molecule has 0 aliphatic heterocycles. The van der Waals surface area contributed by atoms with Gasteiger partial charge in [-0.3, -0.25) is 5.43 Å². The van der Waals surface area contributed by atoms with E-state index in [-0.39, 0.29) is 5.69 Å². The maximum Gasteiger partial charge on any atom is 0.151 e. The molecule has 5 heteroatoms. The Balaban J connectivity index is 2.05. The topological polar surface area (TPSA) is 33.6 Å². The van der Waals surface area contributed by atoms with Crippen LogP contribution in [-0.2, 0) is 0 Å². The van der Waals surface area contributed by atoms with E-state index in [2.05, 4.69) is 10.5 Å². The lowest BCUT2D eigenvalue weighted by Crippen LogP contribution is -2.01. The fraction of sp³-hybridized carbons (Fsp3) is 0.235. The Morgan fingerprint density at radius 3 is 2.50 bits per heavy atom. The average molecular weight is 304 g/mol. The summed E-state index contributed by atoms with van der Waals surface area (Å²) in [5.41, 5.74) is 4.30. The first kappa shape index (κ1) is 15.9. The lowest BCUT2D eigenvalue weighted by molar-refractivity contribution is 0.317. The van der Waals surface area contributed by atoms with E-state index in [1.165, 1.54) is 12.1 Å². The van der Waals surface area contributed by atoms with Crippen LogP contribution in [0.15, 0.2) is 47.6 Å². The number of anilines is 1. The number of rotatable bonds is 6. The first-order valence-electron chi connectivity index (χ1n) is 7.08. The van der Waals surface area contributed by atoms with Crippen molar-refractivity contribution in [2.24, 2.45) is 5.10 Å². The van der Waals surface area contributed by atoms with E-state index in [4.69, 9.17) is 4.74 Å². The quantitative estimate of drug-likeness (QED) is 0.625. The molecule has 0 bridgehead atoms. The normalized spacial score (nSPS) is 11.4. The van der Waals surface area contributed by atoms with Gasteiger partial charge in [0, 0.05) is 6.07 Å². The molecule has 0 aliphatic carbocycles. The second-order valence-corrected chi connectivity index (χ2v) is 4.81. The molecule has 2 aromatic rings. The summed E-state index contributed by atoms with van der Waals surface area (Å²) in [7, 11) is 0. The minimum Gasteiger partial charge on any atom is -0.494 e. The van der Waals surface area contributed by atoms with E-state index >= 15 is 0 Å². The number of nitrogens with one attached hydrogen (secondary N) is 1. The van der Waals surface area contributed by atoms with Crippen molar-refractivity contribution in [3.63, 3.8) is 0 Å². The highest BCUT2D eigenvalue weighted by Crippen LogP contribution is 2.16. The molecule has 2 aromatic carbocycles. The zero-order valence-corrected chi connectivity index (χ0v) is 12.6. The van der Waals surface area contributed by atoms with Crippen LogP contribution in [0, 0.1) is 11.6 Å². The van der Waals surface area contributed by atoms with E-state index in [9.17, 15) is 8.78 Å². The number of halogens is 2. The molecule has 0 radical (unpaired) electrons. The maximum absolute atomic E-state index is 13.5. The van der Waals surface area contributed by atoms with Crippen molar-refractivity contribution in [2.45, 2.75) is 20.3 Å². The third-order valence-electron chi connectivity index (χ3n) is 3.02. The molecule has 0 saturated carbocycles. The van der Waals surface area contributed by atoms with Crippen LogP contribution in [-0.4, -0.2) is 12.3 Å². The highest BCUT2D eigenvalue weighted by molar-refractivity contribution is 5.99. The zero-order chi connectivity index (χ0) is 15.9. The first-order chi connectivity index (χ1) is 10.6. The highest BCUT2D eigenvalue weighted by Gasteiger charge is 2.03. The molecule has 0 heterocycles. The molecule has 0 unspecified atom stereocenters. The van der Waals surface area contributed by atoms with E-state index in [1.807, 2.05) is 31.2 Å². The Morgan fingerprint density at radius 2 is 1.86 bits per heavy atom. The minimum absolute atomic E-state index is 0.128. The van der Waals surface area contributed by atoms with Crippen molar-refractivity contribution in [2.75, 3.05) is 12.0 Å². The molecule has 116 valence electrons. The molecule has 3 nitrogen and oxygen atoms in total. The fourth-order valence-electron chi connectivity index (χ4n) is 1.80. The minimum atomic E-state index is -0.681. The molecule has 22 heavy (non-hydrogen) atoms. The maximum atomic E-state index is 13.5. The lowest BCUT2D eigenvalue weighted by atomic mass is 10.1. The summed E-state index contributed by atoms with van der Waals surface area (Å²) < 4.78 is 31.8. The van der Waals surface area contributed by atoms with Crippen LogP contribution in [0.1, 0.15) is 25.8 Å². The highest BCUT2D eigenvalue weighted by atomic mass is 19.1. The summed E-state index contributed by atoms with van der Waals surface area (Å²) in [6, 6.07) is 10.8. The summed E-state index contributed by atoms with van der Waals surface area (Å²) in [4.78, 5) is 0. The van der Waals surface area contributed by atoms with Gasteiger partial charge in [0.05, 0.1) is 18.0 Å². The molecule has 0 amide bonds. The number of nitrogens with zero attached hydrogens (tertiary/aromatic N) is 1. The van der Waals surface area contributed by atoms with Gasteiger partial charge < -0.3 is 4.74 Å². The Morgan fingerprint density at radius 1 is 1.14 bits per heavy atom. The van der Waals surface area contributed by atoms with E-state index in [0.29, 0.717) is 12.3 Å². The van der Waals surface area contributed by atoms with Gasteiger partial charge in [-0.2, -0.15) is 5.10 Å². The predicted octanol–water partition coefficient (Wildman–Crippen LogP) is 4.59. The van der Waals surface area contributed by atoms with Gasteiger partial charge in [-0.1, -0.05) is 6.92 Å². The van der Waals surface area contributed by atoms with Gasteiger partial charge in [-0.05, 0) is 55.3 Å². The van der Waals surface area contributed by atoms with E-state index in [0.717, 1.165) is 23.8 Å². The molecular formula is C17H18F2N2O. The Kier molecular flexibility index (Phi) is 5.47. The molecule has 1 N–H and O–H groups in total. The Hall–Kier alpha value is -2.43. The van der Waals surface area contributed by atoms with Crippen LogP contribution in [0.5, 0.6) is 5.75 Å². The van der Waals surface area contributed by atoms with Crippen molar-refractivity contribution in [3.05, 3.63) is 59.7 Å². The van der Waals surface area contributed by atoms with Gasteiger partial charge >= 0.3 is 0 Å². The second-order valence-electron chi connectivity index (χ2n) is 4.81. The Bertz CT molecular complexity index is 654. The first-order valence-corrected chi connectivity index (χ1v) is 7.08. The van der Waals surface area contributed by atoms with Crippen LogP contribution in [0.3, 0.4) is 0 Å². The van der Waals surface area contributed by atoms with E-state index < -0.39 is 11.6 Å². The SMILES string of the molecule is CCCOc1ccc(/C(C)=N\Nc2ccc(F)cc2F)cc1. The van der Waals surface area contributed by atoms with Crippen LogP contribution in [0.2, 0.25) is 0 Å². The van der Waals surface area contributed by atoms with Crippen molar-refractivity contribution in [1.82, 2.24) is 0 Å². The monoisotopic (exact) mass is 304 g/mol.